The molecule has 0 aliphatic heterocycles. The number of rotatable bonds is 12. The van der Waals surface area contributed by atoms with Crippen LogP contribution >= 0.6 is 11.6 Å². The summed E-state index contributed by atoms with van der Waals surface area (Å²) < 4.78 is 10.7. The fraction of sp³-hybridized carbons (Fsp3) is 0.846. The predicted molar refractivity (Wildman–Crippen MR) is 70.0 cm³/mol. The molecule has 0 N–H and O–H groups in total. The van der Waals surface area contributed by atoms with Crippen molar-refractivity contribution in [3.63, 3.8) is 0 Å². The molecule has 0 aliphatic rings. The number of allylic oxidation sites excluding steroid dienone is 1. The summed E-state index contributed by atoms with van der Waals surface area (Å²) in [6.45, 7) is 4.19. The summed E-state index contributed by atoms with van der Waals surface area (Å²) >= 11 is 5.53. The second-order valence-electron chi connectivity index (χ2n) is 3.73. The zero-order chi connectivity index (χ0) is 11.9. The fourth-order valence-corrected chi connectivity index (χ4v) is 1.38. The Morgan fingerprint density at radius 2 is 1.69 bits per heavy atom. The number of alkyl halides is 1. The summed E-state index contributed by atoms with van der Waals surface area (Å²) in [6, 6.07) is 0. The molecule has 0 aromatic carbocycles. The van der Waals surface area contributed by atoms with Gasteiger partial charge >= 0.3 is 0 Å². The van der Waals surface area contributed by atoms with Gasteiger partial charge in [-0.1, -0.05) is 38.3 Å². The molecular weight excluding hydrogens is 224 g/mol. The van der Waals surface area contributed by atoms with Crippen LogP contribution in [0.4, 0.5) is 0 Å². The largest absolute Gasteiger partial charge is 0.355 e. The van der Waals surface area contributed by atoms with Gasteiger partial charge in [0.1, 0.15) is 6.79 Å². The summed E-state index contributed by atoms with van der Waals surface area (Å²) in [5.74, 6) is 0.693. The molecule has 0 heterocycles. The Balaban J connectivity index is 2.93. The lowest BCUT2D eigenvalue weighted by Gasteiger charge is -2.04. The van der Waals surface area contributed by atoms with Gasteiger partial charge in [-0.25, -0.2) is 0 Å². The quantitative estimate of drug-likeness (QED) is 0.224. The molecular formula is C13H25ClO2. The molecule has 0 radical (unpaired) electrons. The van der Waals surface area contributed by atoms with Crippen molar-refractivity contribution in [3.8, 4) is 0 Å². The fourth-order valence-electron chi connectivity index (χ4n) is 1.26. The van der Waals surface area contributed by atoms with Crippen molar-refractivity contribution in [1.29, 1.82) is 0 Å². The van der Waals surface area contributed by atoms with Gasteiger partial charge in [0.2, 0.25) is 0 Å². The van der Waals surface area contributed by atoms with Crippen LogP contribution in [0.2, 0.25) is 0 Å². The maximum atomic E-state index is 5.53. The van der Waals surface area contributed by atoms with Gasteiger partial charge in [0, 0.05) is 12.5 Å². The van der Waals surface area contributed by atoms with Crippen molar-refractivity contribution >= 4 is 11.6 Å². The molecule has 16 heavy (non-hydrogen) atoms. The Hall–Kier alpha value is -0.0500. The van der Waals surface area contributed by atoms with E-state index in [1.807, 2.05) is 0 Å². The zero-order valence-corrected chi connectivity index (χ0v) is 11.2. The van der Waals surface area contributed by atoms with E-state index in [1.165, 1.54) is 19.3 Å². The van der Waals surface area contributed by atoms with E-state index in [4.69, 9.17) is 21.1 Å². The van der Waals surface area contributed by atoms with E-state index < -0.39 is 0 Å². The van der Waals surface area contributed by atoms with Crippen LogP contribution in [0.25, 0.3) is 0 Å². The smallest absolute Gasteiger partial charge is 0.146 e. The SMILES string of the molecule is CCCCCCOCOCC/C=C/CCCl. The number of ether oxygens (including phenoxy) is 2. The predicted octanol–water partition coefficient (Wildman–Crippen LogP) is 4.13. The lowest BCUT2D eigenvalue weighted by Crippen LogP contribution is -2.02. The molecule has 0 amide bonds. The Morgan fingerprint density at radius 1 is 0.938 bits per heavy atom. The van der Waals surface area contributed by atoms with Crippen molar-refractivity contribution < 1.29 is 9.47 Å². The third-order valence-electron chi connectivity index (χ3n) is 2.18. The maximum Gasteiger partial charge on any atom is 0.146 e. The lowest BCUT2D eigenvalue weighted by atomic mass is 10.2. The van der Waals surface area contributed by atoms with Crippen LogP contribution in [0.5, 0.6) is 0 Å². The molecule has 2 nitrogen and oxygen atoms in total. The van der Waals surface area contributed by atoms with Crippen LogP contribution in [0.1, 0.15) is 45.4 Å². The first-order chi connectivity index (χ1) is 7.91. The number of hydrogen-bond donors (Lipinski definition) is 0. The van der Waals surface area contributed by atoms with Crippen LogP contribution in [0, 0.1) is 0 Å². The molecule has 0 saturated heterocycles. The molecule has 0 aromatic rings. The molecule has 96 valence electrons. The maximum absolute atomic E-state index is 5.53. The third kappa shape index (κ3) is 13.9. The topological polar surface area (TPSA) is 18.5 Å². The molecule has 0 aromatic heterocycles. The van der Waals surface area contributed by atoms with Crippen LogP contribution in [0.15, 0.2) is 12.2 Å². The van der Waals surface area contributed by atoms with E-state index in [9.17, 15) is 0 Å². The summed E-state index contributed by atoms with van der Waals surface area (Å²) in [4.78, 5) is 0. The third-order valence-corrected chi connectivity index (χ3v) is 2.40. The molecule has 0 spiro atoms. The van der Waals surface area contributed by atoms with Crippen LogP contribution < -0.4 is 0 Å². The van der Waals surface area contributed by atoms with Crippen molar-refractivity contribution in [3.05, 3.63) is 12.2 Å². The number of hydrogen-bond acceptors (Lipinski definition) is 2. The molecule has 0 unspecified atom stereocenters. The Bertz CT molecular complexity index is 149. The van der Waals surface area contributed by atoms with Crippen LogP contribution in [0.3, 0.4) is 0 Å². The van der Waals surface area contributed by atoms with Gasteiger partial charge in [0.25, 0.3) is 0 Å². The zero-order valence-electron chi connectivity index (χ0n) is 10.4. The molecule has 0 rings (SSSR count). The molecule has 0 fully saturated rings. The first-order valence-corrected chi connectivity index (χ1v) is 6.81. The molecule has 3 heteroatoms. The van der Waals surface area contributed by atoms with E-state index in [0.717, 1.165) is 32.5 Å². The lowest BCUT2D eigenvalue weighted by molar-refractivity contribution is -0.0531. The minimum atomic E-state index is 0.426. The summed E-state index contributed by atoms with van der Waals surface area (Å²) in [5, 5.41) is 0. The van der Waals surface area contributed by atoms with Gasteiger partial charge in [-0.3, -0.25) is 0 Å². The second-order valence-corrected chi connectivity index (χ2v) is 4.11. The first-order valence-electron chi connectivity index (χ1n) is 6.28. The average Bonchev–Trinajstić information content (AvgIpc) is 2.31. The van der Waals surface area contributed by atoms with Gasteiger partial charge in [-0.05, 0) is 19.3 Å². The van der Waals surface area contributed by atoms with E-state index >= 15 is 0 Å². The summed E-state index contributed by atoms with van der Waals surface area (Å²) in [7, 11) is 0. The minimum absolute atomic E-state index is 0.426. The highest BCUT2D eigenvalue weighted by Crippen LogP contribution is 1.98. The monoisotopic (exact) mass is 248 g/mol. The molecule has 0 aliphatic carbocycles. The summed E-state index contributed by atoms with van der Waals surface area (Å²) in [5.41, 5.74) is 0. The van der Waals surface area contributed by atoms with Gasteiger partial charge in [0.05, 0.1) is 6.61 Å². The van der Waals surface area contributed by atoms with Crippen molar-refractivity contribution in [2.75, 3.05) is 25.9 Å². The second kappa shape index (κ2) is 14.9. The van der Waals surface area contributed by atoms with Gasteiger partial charge < -0.3 is 9.47 Å². The first kappa shape index (κ1) is 16.0. The Labute approximate surface area is 105 Å². The van der Waals surface area contributed by atoms with E-state index in [0.29, 0.717) is 12.7 Å². The van der Waals surface area contributed by atoms with Crippen molar-refractivity contribution in [1.82, 2.24) is 0 Å². The van der Waals surface area contributed by atoms with Crippen LogP contribution in [-0.2, 0) is 9.47 Å². The van der Waals surface area contributed by atoms with E-state index in [1.54, 1.807) is 0 Å². The normalized spacial score (nSPS) is 11.4. The molecule has 0 atom stereocenters. The van der Waals surface area contributed by atoms with Gasteiger partial charge in [-0.2, -0.15) is 0 Å². The number of halogens is 1. The van der Waals surface area contributed by atoms with Gasteiger partial charge in [-0.15, -0.1) is 11.6 Å². The Kier molecular flexibility index (Phi) is 14.9. The van der Waals surface area contributed by atoms with E-state index in [-0.39, 0.29) is 0 Å². The van der Waals surface area contributed by atoms with Gasteiger partial charge in [0.15, 0.2) is 0 Å². The standard InChI is InChI=1S/C13H25ClO2/c1-2-3-4-8-11-15-13-16-12-9-6-5-7-10-14/h5-6H,2-4,7-13H2,1H3/b6-5+. The average molecular weight is 249 g/mol. The highest BCUT2D eigenvalue weighted by Gasteiger charge is 1.89. The van der Waals surface area contributed by atoms with Crippen LogP contribution in [-0.4, -0.2) is 25.9 Å². The van der Waals surface area contributed by atoms with Crippen molar-refractivity contribution in [2.24, 2.45) is 0 Å². The van der Waals surface area contributed by atoms with E-state index in [2.05, 4.69) is 19.1 Å². The molecule has 0 saturated carbocycles. The highest BCUT2D eigenvalue weighted by molar-refractivity contribution is 6.17. The minimum Gasteiger partial charge on any atom is -0.355 e. The van der Waals surface area contributed by atoms with Crippen molar-refractivity contribution in [2.45, 2.75) is 45.4 Å². The Morgan fingerprint density at radius 3 is 2.44 bits per heavy atom. The highest BCUT2D eigenvalue weighted by atomic mass is 35.5. The molecule has 0 bridgehead atoms. The summed E-state index contributed by atoms with van der Waals surface area (Å²) in [6.07, 6.45) is 11.0. The number of unbranched alkanes of at least 4 members (excludes halogenated alkanes) is 3.